The van der Waals surface area contributed by atoms with Gasteiger partial charge in [-0.05, 0) is 13.3 Å². The number of aliphatic hydroxyl groups is 1. The second kappa shape index (κ2) is 4.93. The third-order valence-corrected chi connectivity index (χ3v) is 2.04. The summed E-state index contributed by atoms with van der Waals surface area (Å²) in [6.45, 7) is 3.84. The van der Waals surface area contributed by atoms with Crippen molar-refractivity contribution in [1.82, 2.24) is 15.1 Å². The number of nitrogens with zero attached hydrogens (tertiary/aromatic N) is 2. The molecule has 0 aliphatic rings. The van der Waals surface area contributed by atoms with E-state index in [1.807, 2.05) is 6.92 Å². The molecule has 2 N–H and O–H groups in total. The maximum absolute atomic E-state index is 11.7. The van der Waals surface area contributed by atoms with Crippen LogP contribution in [0.2, 0.25) is 0 Å². The second-order valence-electron chi connectivity index (χ2n) is 3.58. The van der Waals surface area contributed by atoms with Crippen molar-refractivity contribution in [1.29, 1.82) is 0 Å². The van der Waals surface area contributed by atoms with Crippen molar-refractivity contribution in [2.24, 2.45) is 7.05 Å². The van der Waals surface area contributed by atoms with Crippen LogP contribution in [0, 0.1) is 0 Å². The number of aryl methyl sites for hydroxylation is 2. The van der Waals surface area contributed by atoms with Gasteiger partial charge in [0.2, 0.25) is 0 Å². The number of carbonyl (C=O) groups is 1. The van der Waals surface area contributed by atoms with Crippen molar-refractivity contribution in [3.8, 4) is 0 Å². The fourth-order valence-corrected chi connectivity index (χ4v) is 1.32. The lowest BCUT2D eigenvalue weighted by molar-refractivity contribution is 0.0923. The van der Waals surface area contributed by atoms with Gasteiger partial charge in [0.1, 0.15) is 0 Å². The van der Waals surface area contributed by atoms with E-state index in [2.05, 4.69) is 10.4 Å². The SMILES string of the molecule is CCc1nn(C)cc1C(=O)NCC(C)O. The number of rotatable bonds is 4. The van der Waals surface area contributed by atoms with Gasteiger partial charge in [-0.2, -0.15) is 5.10 Å². The summed E-state index contributed by atoms with van der Waals surface area (Å²) >= 11 is 0. The molecular weight excluding hydrogens is 194 g/mol. The average molecular weight is 211 g/mol. The molecule has 84 valence electrons. The van der Waals surface area contributed by atoms with E-state index in [1.165, 1.54) is 0 Å². The summed E-state index contributed by atoms with van der Waals surface area (Å²) < 4.78 is 1.62. The van der Waals surface area contributed by atoms with Crippen LogP contribution in [0.25, 0.3) is 0 Å². The van der Waals surface area contributed by atoms with Crippen LogP contribution >= 0.6 is 0 Å². The molecule has 0 saturated carbocycles. The normalized spacial score (nSPS) is 12.5. The van der Waals surface area contributed by atoms with E-state index in [4.69, 9.17) is 5.11 Å². The Labute approximate surface area is 89.1 Å². The molecule has 0 fully saturated rings. The lowest BCUT2D eigenvalue weighted by atomic mass is 10.2. The third-order valence-electron chi connectivity index (χ3n) is 2.04. The monoisotopic (exact) mass is 211 g/mol. The van der Waals surface area contributed by atoms with E-state index < -0.39 is 6.10 Å². The fraction of sp³-hybridized carbons (Fsp3) is 0.600. The summed E-state index contributed by atoms with van der Waals surface area (Å²) in [4.78, 5) is 11.7. The topological polar surface area (TPSA) is 67.2 Å². The average Bonchev–Trinajstić information content (AvgIpc) is 2.56. The van der Waals surface area contributed by atoms with E-state index in [1.54, 1.807) is 24.9 Å². The Morgan fingerprint density at radius 1 is 1.73 bits per heavy atom. The van der Waals surface area contributed by atoms with Crippen LogP contribution in [-0.2, 0) is 13.5 Å². The van der Waals surface area contributed by atoms with Crippen molar-refractivity contribution >= 4 is 5.91 Å². The zero-order valence-corrected chi connectivity index (χ0v) is 9.32. The Morgan fingerprint density at radius 2 is 2.40 bits per heavy atom. The predicted molar refractivity (Wildman–Crippen MR) is 56.6 cm³/mol. The number of aliphatic hydroxyl groups excluding tert-OH is 1. The third kappa shape index (κ3) is 3.06. The molecule has 5 nitrogen and oxygen atoms in total. The minimum atomic E-state index is -0.532. The lowest BCUT2D eigenvalue weighted by Crippen LogP contribution is -2.30. The Hall–Kier alpha value is -1.36. The summed E-state index contributed by atoms with van der Waals surface area (Å²) in [6, 6.07) is 0. The van der Waals surface area contributed by atoms with Gasteiger partial charge in [-0.3, -0.25) is 9.48 Å². The van der Waals surface area contributed by atoms with E-state index in [0.29, 0.717) is 5.56 Å². The highest BCUT2D eigenvalue weighted by molar-refractivity contribution is 5.95. The highest BCUT2D eigenvalue weighted by atomic mass is 16.3. The standard InChI is InChI=1S/C10H17N3O2/c1-4-9-8(6-13(3)12-9)10(15)11-5-7(2)14/h6-7,14H,4-5H2,1-3H3,(H,11,15). The first kappa shape index (κ1) is 11.7. The molecule has 0 spiro atoms. The molecule has 1 atom stereocenters. The van der Waals surface area contributed by atoms with E-state index >= 15 is 0 Å². The minimum Gasteiger partial charge on any atom is -0.392 e. The van der Waals surface area contributed by atoms with Crippen molar-refractivity contribution in [3.05, 3.63) is 17.5 Å². The van der Waals surface area contributed by atoms with Gasteiger partial charge >= 0.3 is 0 Å². The minimum absolute atomic E-state index is 0.180. The number of hydrogen-bond donors (Lipinski definition) is 2. The summed E-state index contributed by atoms with van der Waals surface area (Å²) in [7, 11) is 1.78. The van der Waals surface area contributed by atoms with Crippen LogP contribution in [0.5, 0.6) is 0 Å². The summed E-state index contributed by atoms with van der Waals surface area (Å²) in [5, 5.41) is 15.9. The molecule has 0 saturated heterocycles. The Morgan fingerprint density at radius 3 is 2.93 bits per heavy atom. The maximum Gasteiger partial charge on any atom is 0.254 e. The molecule has 15 heavy (non-hydrogen) atoms. The van der Waals surface area contributed by atoms with Crippen LogP contribution < -0.4 is 5.32 Å². The van der Waals surface area contributed by atoms with Crippen molar-refractivity contribution in [2.75, 3.05) is 6.54 Å². The first-order valence-corrected chi connectivity index (χ1v) is 5.03. The summed E-state index contributed by atoms with van der Waals surface area (Å²) in [5.74, 6) is -0.180. The molecule has 0 bridgehead atoms. The van der Waals surface area contributed by atoms with Crippen LogP contribution in [0.15, 0.2) is 6.20 Å². The smallest absolute Gasteiger partial charge is 0.254 e. The van der Waals surface area contributed by atoms with Crippen LogP contribution in [0.1, 0.15) is 29.9 Å². The largest absolute Gasteiger partial charge is 0.392 e. The molecule has 1 aromatic rings. The lowest BCUT2D eigenvalue weighted by Gasteiger charge is -2.06. The molecule has 5 heteroatoms. The predicted octanol–water partition coefficient (Wildman–Crippen LogP) is 0.0931. The Bertz CT molecular complexity index is 344. The van der Waals surface area contributed by atoms with E-state index in [9.17, 15) is 4.79 Å². The van der Waals surface area contributed by atoms with Crippen LogP contribution in [0.3, 0.4) is 0 Å². The van der Waals surface area contributed by atoms with Crippen molar-refractivity contribution in [3.63, 3.8) is 0 Å². The second-order valence-corrected chi connectivity index (χ2v) is 3.58. The van der Waals surface area contributed by atoms with Crippen molar-refractivity contribution < 1.29 is 9.90 Å². The molecule has 0 aromatic carbocycles. The first-order chi connectivity index (χ1) is 7.04. The quantitative estimate of drug-likeness (QED) is 0.742. The Kier molecular flexibility index (Phi) is 3.85. The van der Waals surface area contributed by atoms with E-state index in [-0.39, 0.29) is 12.5 Å². The fourth-order valence-electron chi connectivity index (χ4n) is 1.32. The number of aromatic nitrogens is 2. The Balaban J connectivity index is 2.72. The van der Waals surface area contributed by atoms with Gasteiger partial charge in [-0.15, -0.1) is 0 Å². The first-order valence-electron chi connectivity index (χ1n) is 5.03. The number of carbonyl (C=O) groups excluding carboxylic acids is 1. The van der Waals surface area contributed by atoms with E-state index in [0.717, 1.165) is 12.1 Å². The van der Waals surface area contributed by atoms with Gasteiger partial charge in [0.05, 0.1) is 17.4 Å². The molecular formula is C10H17N3O2. The van der Waals surface area contributed by atoms with Gasteiger partial charge in [-0.25, -0.2) is 0 Å². The molecule has 1 rings (SSSR count). The summed E-state index contributed by atoms with van der Waals surface area (Å²) in [5.41, 5.74) is 1.36. The number of nitrogens with one attached hydrogen (secondary N) is 1. The van der Waals surface area contributed by atoms with Gasteiger partial charge in [0, 0.05) is 19.8 Å². The molecule has 0 aliphatic heterocycles. The highest BCUT2D eigenvalue weighted by Gasteiger charge is 2.13. The zero-order valence-electron chi connectivity index (χ0n) is 9.32. The van der Waals surface area contributed by atoms with Gasteiger partial charge in [0.15, 0.2) is 0 Å². The molecule has 1 aromatic heterocycles. The molecule has 0 aliphatic carbocycles. The molecule has 0 radical (unpaired) electrons. The maximum atomic E-state index is 11.7. The van der Waals surface area contributed by atoms with Gasteiger partial charge in [-0.1, -0.05) is 6.92 Å². The molecule has 1 heterocycles. The van der Waals surface area contributed by atoms with Crippen LogP contribution in [-0.4, -0.2) is 33.4 Å². The summed E-state index contributed by atoms with van der Waals surface area (Å²) in [6.07, 6.45) is 1.88. The van der Waals surface area contributed by atoms with Crippen molar-refractivity contribution in [2.45, 2.75) is 26.4 Å². The number of amides is 1. The van der Waals surface area contributed by atoms with Gasteiger partial charge in [0.25, 0.3) is 5.91 Å². The van der Waals surface area contributed by atoms with Crippen LogP contribution in [0.4, 0.5) is 0 Å². The highest BCUT2D eigenvalue weighted by Crippen LogP contribution is 2.06. The number of hydrogen-bond acceptors (Lipinski definition) is 3. The zero-order chi connectivity index (χ0) is 11.4. The molecule has 1 unspecified atom stereocenters. The molecule has 1 amide bonds. The van der Waals surface area contributed by atoms with Gasteiger partial charge < -0.3 is 10.4 Å².